The van der Waals surface area contributed by atoms with E-state index >= 15 is 0 Å². The Morgan fingerprint density at radius 1 is 1.04 bits per heavy atom. The molecule has 1 aliphatic heterocycles. The van der Waals surface area contributed by atoms with Gasteiger partial charge in [0.1, 0.15) is 24.5 Å². The van der Waals surface area contributed by atoms with Gasteiger partial charge in [0, 0.05) is 25.5 Å². The first-order chi connectivity index (χ1) is 22.7. The third-order valence-electron chi connectivity index (χ3n) is 8.13. The summed E-state index contributed by atoms with van der Waals surface area (Å²) in [6, 6.07) is 10.8. The van der Waals surface area contributed by atoms with Gasteiger partial charge >= 0.3 is 17.9 Å². The highest BCUT2D eigenvalue weighted by Crippen LogP contribution is 2.31. The van der Waals surface area contributed by atoms with E-state index in [1.807, 2.05) is 0 Å². The van der Waals surface area contributed by atoms with Crippen molar-refractivity contribution in [3.63, 3.8) is 0 Å². The number of benzene rings is 2. The predicted molar refractivity (Wildman–Crippen MR) is 173 cm³/mol. The number of hydrogen-bond acceptors (Lipinski definition) is 10. The second-order valence-corrected chi connectivity index (χ2v) is 12.4. The van der Waals surface area contributed by atoms with Crippen LogP contribution in [0.2, 0.25) is 0 Å². The van der Waals surface area contributed by atoms with E-state index in [9.17, 15) is 33.9 Å². The molecule has 3 rings (SSSR count). The summed E-state index contributed by atoms with van der Waals surface area (Å²) in [5.41, 5.74) is 0.593. The fourth-order valence-corrected chi connectivity index (χ4v) is 5.38. The SMILES string of the molecule is C=CC(=O)OCC(C)(C)C(=O)C(=O)N1CCCC[C@H]1C(=O)O[C@H](CCc1ccc(OC)c(O)c1)c1cccc(CC(=O)CCC(=O)O)c1. The molecule has 0 unspecified atom stereocenters. The van der Waals surface area contributed by atoms with E-state index < -0.39 is 47.2 Å². The van der Waals surface area contributed by atoms with Crippen molar-refractivity contribution in [1.82, 2.24) is 4.90 Å². The van der Waals surface area contributed by atoms with Crippen LogP contribution >= 0.6 is 0 Å². The zero-order valence-corrected chi connectivity index (χ0v) is 27.6. The van der Waals surface area contributed by atoms with Crippen molar-refractivity contribution >= 4 is 35.4 Å². The summed E-state index contributed by atoms with van der Waals surface area (Å²) in [4.78, 5) is 76.7. The molecule has 0 spiro atoms. The maximum atomic E-state index is 13.8. The summed E-state index contributed by atoms with van der Waals surface area (Å²) in [7, 11) is 1.44. The number of carboxylic acids is 1. The first kappa shape index (κ1) is 37.5. The number of esters is 2. The molecule has 1 aliphatic rings. The van der Waals surface area contributed by atoms with Crippen molar-refractivity contribution in [3.05, 3.63) is 71.8 Å². The molecule has 12 heteroatoms. The molecule has 2 aromatic carbocycles. The van der Waals surface area contributed by atoms with Crippen LogP contribution < -0.4 is 4.74 Å². The minimum atomic E-state index is -1.35. The number of nitrogens with zero attached hydrogens (tertiary/aromatic N) is 1. The molecule has 0 saturated carbocycles. The number of aliphatic carboxylic acids is 1. The summed E-state index contributed by atoms with van der Waals surface area (Å²) < 4.78 is 16.2. The summed E-state index contributed by atoms with van der Waals surface area (Å²) in [6.45, 7) is 6.10. The van der Waals surface area contributed by atoms with Gasteiger partial charge in [0.15, 0.2) is 11.5 Å². The molecule has 0 radical (unpaired) electrons. The number of phenols is 1. The molecular weight excluding hydrogens is 622 g/mol. The average Bonchev–Trinajstić information content (AvgIpc) is 3.07. The third-order valence-corrected chi connectivity index (χ3v) is 8.13. The highest BCUT2D eigenvalue weighted by molar-refractivity contribution is 6.38. The number of likely N-dealkylation sites (tertiary alicyclic amines) is 1. The molecule has 1 heterocycles. The fraction of sp³-hybridized carbons (Fsp3) is 0.444. The van der Waals surface area contributed by atoms with Gasteiger partial charge in [-0.1, -0.05) is 36.9 Å². The van der Waals surface area contributed by atoms with Gasteiger partial charge in [-0.2, -0.15) is 0 Å². The number of piperidine rings is 1. The number of Topliss-reactive ketones (excluding diaryl/α,β-unsaturated/α-hetero) is 2. The molecule has 0 bridgehead atoms. The van der Waals surface area contributed by atoms with Gasteiger partial charge in [-0.3, -0.25) is 19.2 Å². The lowest BCUT2D eigenvalue weighted by molar-refractivity contribution is -0.165. The molecule has 2 aromatic rings. The number of rotatable bonds is 17. The number of ketones is 2. The van der Waals surface area contributed by atoms with E-state index in [2.05, 4.69) is 6.58 Å². The Hall–Kier alpha value is -5.00. The van der Waals surface area contributed by atoms with Crippen molar-refractivity contribution in [2.45, 2.75) is 77.4 Å². The topological polar surface area (TPSA) is 174 Å². The van der Waals surface area contributed by atoms with Gasteiger partial charge in [-0.05, 0) is 74.8 Å². The van der Waals surface area contributed by atoms with Crippen LogP contribution in [0.15, 0.2) is 55.1 Å². The maximum Gasteiger partial charge on any atom is 0.330 e. The predicted octanol–water partition coefficient (Wildman–Crippen LogP) is 4.30. The van der Waals surface area contributed by atoms with Gasteiger partial charge in [-0.25, -0.2) is 9.59 Å². The number of amides is 1. The number of hydrogen-bond donors (Lipinski definition) is 2. The number of ether oxygens (including phenoxy) is 3. The van der Waals surface area contributed by atoms with Crippen molar-refractivity contribution in [2.24, 2.45) is 5.41 Å². The summed E-state index contributed by atoms with van der Waals surface area (Å²) in [6.07, 6.45) is 1.87. The molecule has 1 fully saturated rings. The van der Waals surface area contributed by atoms with Crippen molar-refractivity contribution in [3.8, 4) is 11.5 Å². The smallest absolute Gasteiger partial charge is 0.330 e. The maximum absolute atomic E-state index is 13.8. The molecule has 1 amide bonds. The first-order valence-electron chi connectivity index (χ1n) is 15.8. The molecule has 48 heavy (non-hydrogen) atoms. The van der Waals surface area contributed by atoms with Crippen LogP contribution in [0.3, 0.4) is 0 Å². The molecule has 0 aromatic heterocycles. The van der Waals surface area contributed by atoms with Gasteiger partial charge in [-0.15, -0.1) is 0 Å². The van der Waals surface area contributed by atoms with Gasteiger partial charge < -0.3 is 29.3 Å². The first-order valence-corrected chi connectivity index (χ1v) is 15.8. The lowest BCUT2D eigenvalue weighted by Crippen LogP contribution is -2.53. The zero-order chi connectivity index (χ0) is 35.4. The molecule has 258 valence electrons. The van der Waals surface area contributed by atoms with Crippen molar-refractivity contribution < 1.29 is 53.2 Å². The quantitative estimate of drug-likeness (QED) is 0.140. The highest BCUT2D eigenvalue weighted by Gasteiger charge is 2.42. The van der Waals surface area contributed by atoms with Crippen LogP contribution in [-0.4, -0.2) is 76.8 Å². The lowest BCUT2D eigenvalue weighted by atomic mass is 9.87. The van der Waals surface area contributed by atoms with Crippen LogP contribution in [0.25, 0.3) is 0 Å². The zero-order valence-electron chi connectivity index (χ0n) is 27.6. The Kier molecular flexibility index (Phi) is 13.5. The number of carbonyl (C=O) groups is 6. The van der Waals surface area contributed by atoms with Crippen LogP contribution in [0.1, 0.15) is 75.2 Å². The van der Waals surface area contributed by atoms with Crippen LogP contribution in [-0.2, 0) is 51.1 Å². The van der Waals surface area contributed by atoms with Crippen LogP contribution in [0.4, 0.5) is 0 Å². The molecule has 2 atom stereocenters. The van der Waals surface area contributed by atoms with E-state index in [1.54, 1.807) is 42.5 Å². The number of methoxy groups -OCH3 is 1. The third kappa shape index (κ3) is 10.5. The Labute approximate surface area is 279 Å². The second kappa shape index (κ2) is 17.2. The summed E-state index contributed by atoms with van der Waals surface area (Å²) >= 11 is 0. The minimum absolute atomic E-state index is 0.000941. The Balaban J connectivity index is 1.85. The van der Waals surface area contributed by atoms with Gasteiger partial charge in [0.25, 0.3) is 5.91 Å². The van der Waals surface area contributed by atoms with E-state index in [0.29, 0.717) is 36.1 Å². The molecule has 2 N–H and O–H groups in total. The Morgan fingerprint density at radius 2 is 1.79 bits per heavy atom. The Bertz CT molecular complexity index is 1530. The van der Waals surface area contributed by atoms with E-state index in [1.165, 1.54) is 25.9 Å². The average molecular weight is 666 g/mol. The van der Waals surface area contributed by atoms with Crippen molar-refractivity contribution in [2.75, 3.05) is 20.3 Å². The standard InChI is InChI=1S/C36H43NO11/c1-5-32(42)47-22-36(2,3)33(43)34(44)37-18-7-6-11-27(37)35(45)48-29(15-12-23-13-16-30(46-4)28(39)21-23)25-10-8-9-24(19-25)20-26(38)14-17-31(40)41/h5,8-10,13,16,19,21,27,29,39H,1,6-7,11-12,14-15,17-18,20,22H2,2-4H3,(H,40,41)/t27-,29+/m0/s1. The number of phenolic OH excluding ortho intramolecular Hbond substituents is 1. The monoisotopic (exact) mass is 665 g/mol. The number of aromatic hydroxyl groups is 1. The molecule has 12 nitrogen and oxygen atoms in total. The molecule has 0 aliphatic carbocycles. The summed E-state index contributed by atoms with van der Waals surface area (Å²) in [5.74, 6) is -4.16. The highest BCUT2D eigenvalue weighted by atomic mass is 16.5. The summed E-state index contributed by atoms with van der Waals surface area (Å²) in [5, 5.41) is 19.2. The van der Waals surface area contributed by atoms with Gasteiger partial charge in [0.2, 0.25) is 5.78 Å². The Morgan fingerprint density at radius 3 is 2.46 bits per heavy atom. The number of carbonyl (C=O) groups excluding carboxylic acids is 5. The molecule has 1 saturated heterocycles. The number of carboxylic acid groups (broad SMARTS) is 1. The van der Waals surface area contributed by atoms with E-state index in [4.69, 9.17) is 19.3 Å². The normalized spacial score (nSPS) is 15.1. The van der Waals surface area contributed by atoms with Gasteiger partial charge in [0.05, 0.1) is 18.9 Å². The number of aryl methyl sites for hydroxylation is 1. The van der Waals surface area contributed by atoms with E-state index in [-0.39, 0.29) is 56.8 Å². The van der Waals surface area contributed by atoms with Crippen LogP contribution in [0.5, 0.6) is 11.5 Å². The molecular formula is C36H43NO11. The van der Waals surface area contributed by atoms with E-state index in [0.717, 1.165) is 11.6 Å². The lowest BCUT2D eigenvalue weighted by Gasteiger charge is -2.36. The largest absolute Gasteiger partial charge is 0.504 e. The minimum Gasteiger partial charge on any atom is -0.504 e. The van der Waals surface area contributed by atoms with Crippen molar-refractivity contribution in [1.29, 1.82) is 0 Å². The fourth-order valence-electron chi connectivity index (χ4n) is 5.38. The second-order valence-electron chi connectivity index (χ2n) is 12.4. The van der Waals surface area contributed by atoms with Crippen LogP contribution in [0, 0.1) is 5.41 Å².